The van der Waals surface area contributed by atoms with Gasteiger partial charge in [-0.2, -0.15) is 0 Å². The first-order chi connectivity index (χ1) is 15.8. The van der Waals surface area contributed by atoms with Gasteiger partial charge in [0.15, 0.2) is 17.0 Å². The van der Waals surface area contributed by atoms with E-state index in [1.807, 2.05) is 18.4 Å². The lowest BCUT2D eigenvalue weighted by molar-refractivity contribution is 0.0410. The number of imidazole rings is 1. The Morgan fingerprint density at radius 3 is 2.76 bits per heavy atom. The monoisotopic (exact) mass is 450 g/mol. The minimum atomic E-state index is -0.976. The highest BCUT2D eigenvalue weighted by atomic mass is 16.5. The highest BCUT2D eigenvalue weighted by Gasteiger charge is 2.30. The van der Waals surface area contributed by atoms with Crippen LogP contribution in [0.2, 0.25) is 0 Å². The molecule has 2 atom stereocenters. The third kappa shape index (κ3) is 5.03. The van der Waals surface area contributed by atoms with E-state index in [1.54, 1.807) is 6.33 Å². The van der Waals surface area contributed by atoms with E-state index in [4.69, 9.17) is 14.5 Å². The van der Waals surface area contributed by atoms with Crippen LogP contribution in [0.25, 0.3) is 11.2 Å². The summed E-state index contributed by atoms with van der Waals surface area (Å²) in [5.74, 6) is 8.49. The van der Waals surface area contributed by atoms with E-state index >= 15 is 0 Å². The Kier molecular flexibility index (Phi) is 6.71. The van der Waals surface area contributed by atoms with Crippen molar-refractivity contribution in [2.75, 3.05) is 5.32 Å². The van der Waals surface area contributed by atoms with E-state index in [-0.39, 0.29) is 6.04 Å². The van der Waals surface area contributed by atoms with Crippen molar-refractivity contribution >= 4 is 17.0 Å². The Morgan fingerprint density at radius 1 is 1.30 bits per heavy atom. The molecule has 0 unspecified atom stereocenters. The molecule has 1 aliphatic rings. The molecule has 0 saturated heterocycles. The molecule has 0 radical (unpaired) electrons. The second-order valence-corrected chi connectivity index (χ2v) is 9.38. The molecular weight excluding hydrogens is 416 g/mol. The molecule has 0 bridgehead atoms. The highest BCUT2D eigenvalue weighted by Crippen LogP contribution is 2.31. The van der Waals surface area contributed by atoms with Crippen LogP contribution in [-0.2, 0) is 6.54 Å². The predicted octanol–water partition coefficient (Wildman–Crippen LogP) is 4.37. The molecule has 8 nitrogen and oxygen atoms in total. The van der Waals surface area contributed by atoms with Crippen molar-refractivity contribution in [2.24, 2.45) is 5.92 Å². The Morgan fingerprint density at radius 2 is 2.09 bits per heavy atom. The van der Waals surface area contributed by atoms with Gasteiger partial charge in [-0.05, 0) is 57.8 Å². The summed E-state index contributed by atoms with van der Waals surface area (Å²) in [4.78, 5) is 14.1. The van der Waals surface area contributed by atoms with E-state index in [1.165, 1.54) is 0 Å². The molecule has 33 heavy (non-hydrogen) atoms. The number of anilines is 1. The Balaban J connectivity index is 1.76. The van der Waals surface area contributed by atoms with Gasteiger partial charge >= 0.3 is 0 Å². The summed E-state index contributed by atoms with van der Waals surface area (Å²) >= 11 is 0. The number of aryl methyl sites for hydroxylation is 2. The molecule has 8 heteroatoms. The maximum absolute atomic E-state index is 11.0. The van der Waals surface area contributed by atoms with Crippen molar-refractivity contribution in [1.82, 2.24) is 24.7 Å². The standard InChI is InChI=1S/C25H34N6O2/c1-6-19(7-2)27-23-22-24(31(15-26-22)14-20-17(4)30-33-18(20)5)29-21(28-23)10-12-25(32)11-8-9-16(3)13-25/h15-16,19,32H,6-9,11,13-14H2,1-5H3,(H,27,28,29)/t16-,25-/m1/s1. The zero-order valence-corrected chi connectivity index (χ0v) is 20.3. The van der Waals surface area contributed by atoms with Crippen molar-refractivity contribution < 1.29 is 9.63 Å². The summed E-state index contributed by atoms with van der Waals surface area (Å²) in [5, 5.41) is 18.6. The molecule has 0 amide bonds. The first-order valence-corrected chi connectivity index (χ1v) is 12.0. The van der Waals surface area contributed by atoms with Gasteiger partial charge in [-0.15, -0.1) is 0 Å². The number of nitrogens with zero attached hydrogens (tertiary/aromatic N) is 5. The zero-order chi connectivity index (χ0) is 23.6. The van der Waals surface area contributed by atoms with Crippen LogP contribution in [0, 0.1) is 31.6 Å². The average Bonchev–Trinajstić information content (AvgIpc) is 3.34. The first kappa shape index (κ1) is 23.2. The van der Waals surface area contributed by atoms with Crippen LogP contribution in [0.5, 0.6) is 0 Å². The Bertz CT molecular complexity index is 1160. The Labute approximate surface area is 195 Å². The van der Waals surface area contributed by atoms with Crippen molar-refractivity contribution in [1.29, 1.82) is 0 Å². The summed E-state index contributed by atoms with van der Waals surface area (Å²) in [6.07, 6.45) is 7.22. The molecule has 1 fully saturated rings. The topological polar surface area (TPSA) is 102 Å². The molecule has 3 aromatic heterocycles. The molecule has 3 heterocycles. The molecule has 1 saturated carbocycles. The maximum Gasteiger partial charge on any atom is 0.209 e. The average molecular weight is 451 g/mol. The van der Waals surface area contributed by atoms with Crippen LogP contribution in [-0.4, -0.2) is 41.4 Å². The van der Waals surface area contributed by atoms with Crippen LogP contribution >= 0.6 is 0 Å². The summed E-state index contributed by atoms with van der Waals surface area (Å²) in [5.41, 5.74) is 2.31. The van der Waals surface area contributed by atoms with Crippen LogP contribution in [0.4, 0.5) is 5.82 Å². The zero-order valence-electron chi connectivity index (χ0n) is 20.3. The fraction of sp³-hybridized carbons (Fsp3) is 0.600. The predicted molar refractivity (Wildman–Crippen MR) is 128 cm³/mol. The second kappa shape index (κ2) is 9.52. The molecule has 0 spiro atoms. The van der Waals surface area contributed by atoms with Gasteiger partial charge in [0, 0.05) is 11.6 Å². The van der Waals surface area contributed by atoms with Gasteiger partial charge in [0.1, 0.15) is 11.4 Å². The van der Waals surface area contributed by atoms with Crippen LogP contribution in [0.3, 0.4) is 0 Å². The number of aliphatic hydroxyl groups is 1. The SMILES string of the molecule is CCC(CC)Nc1nc(C#C[C@]2(O)CCC[C@@H](C)C2)nc2c1ncn2Cc1c(C)noc1C. The number of hydrogen-bond donors (Lipinski definition) is 2. The minimum absolute atomic E-state index is 0.278. The lowest BCUT2D eigenvalue weighted by atomic mass is 9.79. The summed E-state index contributed by atoms with van der Waals surface area (Å²) < 4.78 is 7.31. The van der Waals surface area contributed by atoms with Crippen molar-refractivity contribution in [3.05, 3.63) is 29.2 Å². The van der Waals surface area contributed by atoms with Gasteiger partial charge < -0.3 is 19.5 Å². The number of nitrogens with one attached hydrogen (secondary N) is 1. The van der Waals surface area contributed by atoms with Gasteiger partial charge in [-0.1, -0.05) is 38.3 Å². The fourth-order valence-electron chi connectivity index (χ4n) is 4.61. The molecule has 1 aliphatic carbocycles. The normalized spacial score (nSPS) is 20.8. The van der Waals surface area contributed by atoms with Crippen LogP contribution in [0.1, 0.15) is 82.1 Å². The molecule has 176 valence electrons. The van der Waals surface area contributed by atoms with Crippen molar-refractivity contribution in [3.63, 3.8) is 0 Å². The highest BCUT2D eigenvalue weighted by molar-refractivity contribution is 5.83. The lowest BCUT2D eigenvalue weighted by Crippen LogP contribution is -2.32. The van der Waals surface area contributed by atoms with E-state index in [2.05, 4.69) is 48.1 Å². The van der Waals surface area contributed by atoms with E-state index in [0.717, 1.165) is 42.7 Å². The maximum atomic E-state index is 11.0. The van der Waals surface area contributed by atoms with Crippen LogP contribution in [0.15, 0.2) is 10.9 Å². The van der Waals surface area contributed by atoms with Crippen LogP contribution < -0.4 is 5.32 Å². The summed E-state index contributed by atoms with van der Waals surface area (Å²) in [6, 6.07) is 0.278. The summed E-state index contributed by atoms with van der Waals surface area (Å²) in [7, 11) is 0. The van der Waals surface area contributed by atoms with E-state index < -0.39 is 5.60 Å². The van der Waals surface area contributed by atoms with Gasteiger partial charge in [-0.25, -0.2) is 15.0 Å². The van der Waals surface area contributed by atoms with Gasteiger partial charge in [-0.3, -0.25) is 0 Å². The second-order valence-electron chi connectivity index (χ2n) is 9.38. The third-order valence-corrected chi connectivity index (χ3v) is 6.68. The molecule has 4 rings (SSSR count). The molecule has 3 aromatic rings. The van der Waals surface area contributed by atoms with Gasteiger partial charge in [0.2, 0.25) is 5.82 Å². The largest absolute Gasteiger partial charge is 0.378 e. The minimum Gasteiger partial charge on any atom is -0.378 e. The number of aromatic nitrogens is 5. The first-order valence-electron chi connectivity index (χ1n) is 12.0. The summed E-state index contributed by atoms with van der Waals surface area (Å²) in [6.45, 7) is 10.9. The van der Waals surface area contributed by atoms with E-state index in [9.17, 15) is 5.11 Å². The van der Waals surface area contributed by atoms with Gasteiger partial charge in [0.05, 0.1) is 18.6 Å². The molecule has 0 aromatic carbocycles. The third-order valence-electron chi connectivity index (χ3n) is 6.68. The lowest BCUT2D eigenvalue weighted by Gasteiger charge is -2.30. The molecule has 2 N–H and O–H groups in total. The smallest absolute Gasteiger partial charge is 0.209 e. The van der Waals surface area contributed by atoms with E-state index in [0.29, 0.717) is 48.1 Å². The number of rotatable bonds is 6. The number of hydrogen-bond acceptors (Lipinski definition) is 7. The number of fused-ring (bicyclic) bond motifs is 1. The fourth-order valence-corrected chi connectivity index (χ4v) is 4.61. The molecule has 0 aliphatic heterocycles. The van der Waals surface area contributed by atoms with Crippen molar-refractivity contribution in [3.8, 4) is 11.8 Å². The quantitative estimate of drug-likeness (QED) is 0.538. The Hall–Kier alpha value is -2.92. The molecular formula is C25H34N6O2. The van der Waals surface area contributed by atoms with Crippen molar-refractivity contribution in [2.45, 2.75) is 91.3 Å². The van der Waals surface area contributed by atoms with Gasteiger partial charge in [0.25, 0.3) is 0 Å².